The number of ether oxygens (including phenoxy) is 2. The topological polar surface area (TPSA) is 38.8 Å². The minimum absolute atomic E-state index is 0.00357. The van der Waals surface area contributed by atoms with E-state index in [0.717, 1.165) is 23.8 Å². The van der Waals surface area contributed by atoms with Gasteiger partial charge in [-0.1, -0.05) is 42.5 Å². The zero-order valence-corrected chi connectivity index (χ0v) is 17.2. The van der Waals surface area contributed by atoms with Crippen molar-refractivity contribution in [1.82, 2.24) is 4.90 Å². The first-order valence-electron chi connectivity index (χ1n) is 10.6. The fraction of sp³-hybridized carbons (Fsp3) is 0.269. The zero-order chi connectivity index (χ0) is 21.2. The predicted octanol–water partition coefficient (Wildman–Crippen LogP) is 4.82. The van der Waals surface area contributed by atoms with Crippen LogP contribution in [0.1, 0.15) is 27.9 Å². The van der Waals surface area contributed by atoms with Crippen LogP contribution in [-0.4, -0.2) is 43.2 Å². The van der Waals surface area contributed by atoms with Crippen LogP contribution in [0, 0.1) is 5.82 Å². The summed E-state index contributed by atoms with van der Waals surface area (Å²) >= 11 is 0. The molecule has 3 aromatic rings. The van der Waals surface area contributed by atoms with Gasteiger partial charge in [0.1, 0.15) is 5.82 Å². The Hall–Kier alpha value is -3.02. The molecular weight excluding hydrogens is 393 g/mol. The molecule has 3 aromatic carbocycles. The van der Waals surface area contributed by atoms with Gasteiger partial charge in [-0.05, 0) is 52.6 Å². The number of benzene rings is 3. The van der Waals surface area contributed by atoms with Gasteiger partial charge in [-0.2, -0.15) is 0 Å². The maximum Gasteiger partial charge on any atom is 0.254 e. The van der Waals surface area contributed by atoms with Crippen molar-refractivity contribution < 1.29 is 18.7 Å². The average molecular weight is 417 g/mol. The minimum Gasteiger partial charge on any atom is -0.377 e. The normalized spacial score (nSPS) is 16.8. The van der Waals surface area contributed by atoms with Crippen LogP contribution in [-0.2, 0) is 16.1 Å². The molecule has 1 fully saturated rings. The number of halogens is 1. The van der Waals surface area contributed by atoms with Crippen LogP contribution in [0.3, 0.4) is 0 Å². The first-order chi connectivity index (χ1) is 15.2. The Bertz CT molecular complexity index is 1150. The van der Waals surface area contributed by atoms with E-state index in [1.54, 1.807) is 23.1 Å². The number of hydrogen-bond donors (Lipinski definition) is 0. The van der Waals surface area contributed by atoms with Gasteiger partial charge in [0.2, 0.25) is 0 Å². The molecule has 0 bridgehead atoms. The van der Waals surface area contributed by atoms with E-state index in [0.29, 0.717) is 30.8 Å². The second-order valence-corrected chi connectivity index (χ2v) is 8.07. The Balaban J connectivity index is 1.21. The zero-order valence-electron chi connectivity index (χ0n) is 17.2. The minimum atomic E-state index is -0.262. The van der Waals surface area contributed by atoms with Crippen molar-refractivity contribution in [3.8, 4) is 0 Å². The van der Waals surface area contributed by atoms with Gasteiger partial charge in [-0.3, -0.25) is 4.79 Å². The third-order valence-electron chi connectivity index (χ3n) is 5.99. The fourth-order valence-corrected chi connectivity index (χ4v) is 4.08. The summed E-state index contributed by atoms with van der Waals surface area (Å²) in [6, 6.07) is 18.8. The fourth-order valence-electron chi connectivity index (χ4n) is 4.08. The molecule has 0 saturated carbocycles. The Kier molecular flexibility index (Phi) is 5.53. The number of amides is 1. The van der Waals surface area contributed by atoms with Gasteiger partial charge in [0, 0.05) is 24.2 Å². The second kappa shape index (κ2) is 8.61. The Morgan fingerprint density at radius 2 is 1.87 bits per heavy atom. The molecule has 158 valence electrons. The number of nitrogens with zero attached hydrogens (tertiary/aromatic N) is 1. The van der Waals surface area contributed by atoms with Crippen LogP contribution in [0.4, 0.5) is 4.39 Å². The smallest absolute Gasteiger partial charge is 0.254 e. The van der Waals surface area contributed by atoms with Gasteiger partial charge >= 0.3 is 0 Å². The summed E-state index contributed by atoms with van der Waals surface area (Å²) in [6.45, 7) is 2.71. The van der Waals surface area contributed by atoms with Crippen LogP contribution >= 0.6 is 0 Å². The van der Waals surface area contributed by atoms with Crippen LogP contribution in [0.25, 0.3) is 16.3 Å². The van der Waals surface area contributed by atoms with Gasteiger partial charge in [0.15, 0.2) is 0 Å². The highest BCUT2D eigenvalue weighted by Gasteiger charge is 2.32. The third-order valence-corrected chi connectivity index (χ3v) is 5.99. The summed E-state index contributed by atoms with van der Waals surface area (Å²) in [4.78, 5) is 14.6. The van der Waals surface area contributed by atoms with E-state index in [-0.39, 0.29) is 24.4 Å². The van der Waals surface area contributed by atoms with Crippen LogP contribution in [0.15, 0.2) is 66.7 Å². The number of rotatable bonds is 5. The van der Waals surface area contributed by atoms with E-state index in [4.69, 9.17) is 9.47 Å². The highest BCUT2D eigenvalue weighted by atomic mass is 19.1. The van der Waals surface area contributed by atoms with Crippen molar-refractivity contribution in [3.05, 3.63) is 89.2 Å². The maximum absolute atomic E-state index is 13.7. The highest BCUT2D eigenvalue weighted by Crippen LogP contribution is 2.27. The predicted molar refractivity (Wildman–Crippen MR) is 118 cm³/mol. The molecule has 4 nitrogen and oxygen atoms in total. The highest BCUT2D eigenvalue weighted by molar-refractivity contribution is 5.99. The SMILES string of the molecule is O=C(c1ccc2cc(C3=CCOCC3)ccc2c1)N1CC(OCc2ccccc2F)C1. The number of carbonyl (C=O) groups excluding carboxylic acids is 1. The summed E-state index contributed by atoms with van der Waals surface area (Å²) in [5, 5.41) is 2.17. The Labute approximate surface area is 180 Å². The molecule has 1 amide bonds. The molecule has 0 atom stereocenters. The molecule has 0 unspecified atom stereocenters. The number of carbonyl (C=O) groups is 1. The quantitative estimate of drug-likeness (QED) is 0.597. The molecule has 2 heterocycles. The lowest BCUT2D eigenvalue weighted by atomic mass is 9.97. The molecule has 31 heavy (non-hydrogen) atoms. The molecule has 0 aliphatic carbocycles. The Morgan fingerprint density at radius 3 is 2.68 bits per heavy atom. The first kappa shape index (κ1) is 19.9. The second-order valence-electron chi connectivity index (χ2n) is 8.07. The summed E-state index contributed by atoms with van der Waals surface area (Å²) in [5.41, 5.74) is 3.75. The van der Waals surface area contributed by atoms with Crippen molar-refractivity contribution >= 4 is 22.3 Å². The van der Waals surface area contributed by atoms with E-state index in [1.807, 2.05) is 18.2 Å². The van der Waals surface area contributed by atoms with Gasteiger partial charge in [-0.25, -0.2) is 4.39 Å². The molecule has 1 saturated heterocycles. The van der Waals surface area contributed by atoms with E-state index >= 15 is 0 Å². The van der Waals surface area contributed by atoms with Gasteiger partial charge in [0.05, 0.1) is 25.9 Å². The van der Waals surface area contributed by atoms with Crippen molar-refractivity contribution in [1.29, 1.82) is 0 Å². The van der Waals surface area contributed by atoms with E-state index in [9.17, 15) is 9.18 Å². The van der Waals surface area contributed by atoms with E-state index < -0.39 is 0 Å². The summed E-state index contributed by atoms with van der Waals surface area (Å²) < 4.78 is 24.8. The van der Waals surface area contributed by atoms with Crippen molar-refractivity contribution in [2.45, 2.75) is 19.1 Å². The van der Waals surface area contributed by atoms with Crippen molar-refractivity contribution in [2.24, 2.45) is 0 Å². The molecule has 2 aliphatic heterocycles. The van der Waals surface area contributed by atoms with Crippen LogP contribution in [0.2, 0.25) is 0 Å². The number of hydrogen-bond acceptors (Lipinski definition) is 3. The molecule has 0 aromatic heterocycles. The largest absolute Gasteiger partial charge is 0.377 e. The molecule has 2 aliphatic rings. The summed E-state index contributed by atoms with van der Waals surface area (Å²) in [5.74, 6) is -0.258. The van der Waals surface area contributed by atoms with Gasteiger partial charge in [-0.15, -0.1) is 0 Å². The van der Waals surface area contributed by atoms with Gasteiger partial charge in [0.25, 0.3) is 5.91 Å². The number of fused-ring (bicyclic) bond motifs is 1. The first-order valence-corrected chi connectivity index (χ1v) is 10.6. The van der Waals surface area contributed by atoms with Crippen molar-refractivity contribution in [2.75, 3.05) is 26.3 Å². The third kappa shape index (κ3) is 4.24. The summed E-state index contributed by atoms with van der Waals surface area (Å²) in [7, 11) is 0. The van der Waals surface area contributed by atoms with E-state index in [2.05, 4.69) is 24.3 Å². The molecule has 5 rings (SSSR count). The lowest BCUT2D eigenvalue weighted by Crippen LogP contribution is -2.54. The molecule has 5 heteroatoms. The standard InChI is InChI=1S/C26H24FNO3/c27-25-4-2-1-3-23(25)17-31-24-15-28(16-24)26(29)22-8-7-20-13-19(5-6-21(20)14-22)18-9-11-30-12-10-18/h1-9,13-14,24H,10-12,15-17H2. The average Bonchev–Trinajstić information content (AvgIpc) is 2.79. The molecule has 0 N–H and O–H groups in total. The molecular formula is C26H24FNO3. The lowest BCUT2D eigenvalue weighted by molar-refractivity contribution is -0.0509. The van der Waals surface area contributed by atoms with Crippen LogP contribution in [0.5, 0.6) is 0 Å². The monoisotopic (exact) mass is 417 g/mol. The summed E-state index contributed by atoms with van der Waals surface area (Å²) in [6.07, 6.45) is 3.01. The molecule has 0 spiro atoms. The van der Waals surface area contributed by atoms with E-state index in [1.165, 1.54) is 17.2 Å². The Morgan fingerprint density at radius 1 is 1.06 bits per heavy atom. The van der Waals surface area contributed by atoms with Gasteiger partial charge < -0.3 is 14.4 Å². The van der Waals surface area contributed by atoms with Crippen molar-refractivity contribution in [3.63, 3.8) is 0 Å². The molecule has 0 radical (unpaired) electrons. The lowest BCUT2D eigenvalue weighted by Gasteiger charge is -2.39. The van der Waals surface area contributed by atoms with Crippen LogP contribution < -0.4 is 0 Å². The maximum atomic E-state index is 13.7. The number of likely N-dealkylation sites (tertiary alicyclic amines) is 1.